The molecule has 0 saturated carbocycles. The third-order valence-corrected chi connectivity index (χ3v) is 2.83. The first-order valence-corrected chi connectivity index (χ1v) is 5.03. The minimum atomic E-state index is -0.903. The summed E-state index contributed by atoms with van der Waals surface area (Å²) < 4.78 is 9.81. The number of carbonyl (C=O) groups excluding carboxylic acids is 2. The number of thiazole rings is 1. The first-order valence-electron chi connectivity index (χ1n) is 4.21. The van der Waals surface area contributed by atoms with Crippen molar-refractivity contribution < 1.29 is 19.1 Å². The molecule has 80 valence electrons. The van der Waals surface area contributed by atoms with Gasteiger partial charge in [0, 0.05) is 12.6 Å². The SMILES string of the molecule is NC(=O)Oc1ncc(C2CC(=O)CO2)s1. The van der Waals surface area contributed by atoms with E-state index in [0.29, 0.717) is 6.42 Å². The lowest BCUT2D eigenvalue weighted by atomic mass is 10.2. The number of hydrogen-bond acceptors (Lipinski definition) is 6. The van der Waals surface area contributed by atoms with E-state index in [0.717, 1.165) is 16.2 Å². The summed E-state index contributed by atoms with van der Waals surface area (Å²) in [5.74, 6) is 0.0609. The average molecular weight is 228 g/mol. The van der Waals surface area contributed by atoms with Crippen LogP contribution in [0.3, 0.4) is 0 Å². The number of Topliss-reactive ketones (excluding diaryl/α,β-unsaturated/α-hetero) is 1. The normalized spacial score (nSPS) is 20.5. The van der Waals surface area contributed by atoms with Gasteiger partial charge in [0.2, 0.25) is 0 Å². The van der Waals surface area contributed by atoms with E-state index in [2.05, 4.69) is 9.72 Å². The maximum Gasteiger partial charge on any atom is 0.411 e. The molecule has 0 aliphatic carbocycles. The molecule has 1 aliphatic rings. The van der Waals surface area contributed by atoms with Gasteiger partial charge in [-0.25, -0.2) is 9.78 Å². The Morgan fingerprint density at radius 2 is 2.53 bits per heavy atom. The highest BCUT2D eigenvalue weighted by Crippen LogP contribution is 2.33. The molecule has 1 unspecified atom stereocenters. The van der Waals surface area contributed by atoms with Crippen molar-refractivity contribution in [3.05, 3.63) is 11.1 Å². The number of ketones is 1. The Morgan fingerprint density at radius 1 is 1.73 bits per heavy atom. The number of carbonyl (C=O) groups is 2. The lowest BCUT2D eigenvalue weighted by Gasteiger charge is -2.02. The first-order chi connectivity index (χ1) is 7.15. The van der Waals surface area contributed by atoms with E-state index in [1.807, 2.05) is 0 Å². The number of rotatable bonds is 2. The zero-order valence-electron chi connectivity index (χ0n) is 7.63. The van der Waals surface area contributed by atoms with Crippen molar-refractivity contribution in [1.82, 2.24) is 4.98 Å². The first kappa shape index (κ1) is 10.1. The van der Waals surface area contributed by atoms with Gasteiger partial charge >= 0.3 is 6.09 Å². The number of ether oxygens (including phenoxy) is 2. The molecule has 1 aromatic heterocycles. The summed E-state index contributed by atoms with van der Waals surface area (Å²) in [6, 6.07) is 0. The summed E-state index contributed by atoms with van der Waals surface area (Å²) in [4.78, 5) is 26.0. The Bertz CT molecular complexity index is 403. The fraction of sp³-hybridized carbons (Fsp3) is 0.375. The highest BCUT2D eigenvalue weighted by Gasteiger charge is 2.26. The molecule has 2 rings (SSSR count). The average Bonchev–Trinajstić information content (AvgIpc) is 2.72. The van der Waals surface area contributed by atoms with Crippen LogP contribution >= 0.6 is 11.3 Å². The molecule has 0 radical (unpaired) electrons. The Labute approximate surface area is 89.0 Å². The van der Waals surface area contributed by atoms with Crippen LogP contribution in [0.5, 0.6) is 5.19 Å². The number of primary amides is 1. The molecule has 1 amide bonds. The number of amides is 1. The minimum Gasteiger partial charge on any atom is -0.381 e. The lowest BCUT2D eigenvalue weighted by molar-refractivity contribution is -0.117. The van der Waals surface area contributed by atoms with E-state index in [1.54, 1.807) is 0 Å². The molecule has 15 heavy (non-hydrogen) atoms. The Hall–Kier alpha value is -1.47. The van der Waals surface area contributed by atoms with E-state index < -0.39 is 6.09 Å². The van der Waals surface area contributed by atoms with Crippen molar-refractivity contribution in [2.75, 3.05) is 6.61 Å². The summed E-state index contributed by atoms with van der Waals surface area (Å²) in [5.41, 5.74) is 4.83. The molecule has 6 nitrogen and oxygen atoms in total. The molecule has 0 spiro atoms. The molecule has 1 aliphatic heterocycles. The van der Waals surface area contributed by atoms with Crippen molar-refractivity contribution in [2.45, 2.75) is 12.5 Å². The van der Waals surface area contributed by atoms with Gasteiger partial charge in [0.05, 0.1) is 4.88 Å². The van der Waals surface area contributed by atoms with Gasteiger partial charge < -0.3 is 15.2 Å². The molecular formula is C8H8N2O4S. The topological polar surface area (TPSA) is 91.5 Å². The number of nitrogens with two attached hydrogens (primary N) is 1. The van der Waals surface area contributed by atoms with E-state index in [1.165, 1.54) is 6.20 Å². The van der Waals surface area contributed by atoms with Gasteiger partial charge in [-0.15, -0.1) is 0 Å². The van der Waals surface area contributed by atoms with Gasteiger partial charge in [0.25, 0.3) is 5.19 Å². The van der Waals surface area contributed by atoms with Crippen molar-refractivity contribution >= 4 is 23.2 Å². The molecule has 1 atom stereocenters. The maximum absolute atomic E-state index is 11.0. The molecule has 2 heterocycles. The zero-order valence-corrected chi connectivity index (χ0v) is 8.45. The summed E-state index contributed by atoms with van der Waals surface area (Å²) in [7, 11) is 0. The van der Waals surface area contributed by atoms with E-state index in [9.17, 15) is 9.59 Å². The fourth-order valence-corrected chi connectivity index (χ4v) is 2.07. The third-order valence-electron chi connectivity index (χ3n) is 1.87. The number of aromatic nitrogens is 1. The molecule has 0 aromatic carbocycles. The van der Waals surface area contributed by atoms with Crippen LogP contribution < -0.4 is 10.5 Å². The zero-order chi connectivity index (χ0) is 10.8. The van der Waals surface area contributed by atoms with Crippen LogP contribution in [0.4, 0.5) is 4.79 Å². The van der Waals surface area contributed by atoms with Crippen LogP contribution in [0.15, 0.2) is 6.20 Å². The van der Waals surface area contributed by atoms with Crippen LogP contribution in [-0.4, -0.2) is 23.5 Å². The van der Waals surface area contributed by atoms with Crippen molar-refractivity contribution in [1.29, 1.82) is 0 Å². The lowest BCUT2D eigenvalue weighted by Crippen LogP contribution is -2.15. The van der Waals surface area contributed by atoms with Crippen LogP contribution in [0, 0.1) is 0 Å². The summed E-state index contributed by atoms with van der Waals surface area (Å²) >= 11 is 1.15. The highest BCUT2D eigenvalue weighted by molar-refractivity contribution is 7.13. The standard InChI is InChI=1S/C8H8N2O4S/c9-7(12)14-8-10-2-6(15-8)5-1-4(11)3-13-5/h2,5H,1,3H2,(H2,9,12). The van der Waals surface area contributed by atoms with Gasteiger partial charge in [-0.05, 0) is 0 Å². The fourth-order valence-electron chi connectivity index (χ4n) is 1.25. The highest BCUT2D eigenvalue weighted by atomic mass is 32.1. The van der Waals surface area contributed by atoms with Crippen LogP contribution in [0.2, 0.25) is 0 Å². The largest absolute Gasteiger partial charge is 0.411 e. The molecule has 7 heteroatoms. The number of hydrogen-bond donors (Lipinski definition) is 1. The van der Waals surface area contributed by atoms with E-state index >= 15 is 0 Å². The summed E-state index contributed by atoms with van der Waals surface area (Å²) in [6.07, 6.45) is 0.698. The minimum absolute atomic E-state index is 0.0609. The van der Waals surface area contributed by atoms with Crippen LogP contribution in [0.1, 0.15) is 17.4 Å². The second-order valence-corrected chi connectivity index (χ2v) is 4.02. The van der Waals surface area contributed by atoms with Crippen LogP contribution in [0.25, 0.3) is 0 Å². The van der Waals surface area contributed by atoms with Crippen molar-refractivity contribution in [2.24, 2.45) is 5.73 Å². The second kappa shape index (κ2) is 3.95. The predicted molar refractivity (Wildman–Crippen MR) is 50.6 cm³/mol. The van der Waals surface area contributed by atoms with Crippen LogP contribution in [-0.2, 0) is 9.53 Å². The van der Waals surface area contributed by atoms with Crippen molar-refractivity contribution in [3.63, 3.8) is 0 Å². The van der Waals surface area contributed by atoms with Gasteiger partial charge in [0.1, 0.15) is 12.7 Å². The molecule has 2 N–H and O–H groups in total. The molecule has 1 saturated heterocycles. The Kier molecular flexibility index (Phi) is 2.65. The molecule has 1 fully saturated rings. The summed E-state index contributed by atoms with van der Waals surface area (Å²) in [5, 5.41) is 0.167. The molecular weight excluding hydrogens is 220 g/mol. The van der Waals surface area contributed by atoms with E-state index in [-0.39, 0.29) is 23.7 Å². The van der Waals surface area contributed by atoms with Gasteiger partial charge in [-0.2, -0.15) is 0 Å². The monoisotopic (exact) mass is 228 g/mol. The second-order valence-electron chi connectivity index (χ2n) is 2.99. The Balaban J connectivity index is 2.06. The van der Waals surface area contributed by atoms with Gasteiger partial charge in [0.15, 0.2) is 5.78 Å². The van der Waals surface area contributed by atoms with E-state index in [4.69, 9.17) is 10.5 Å². The number of nitrogens with zero attached hydrogens (tertiary/aromatic N) is 1. The van der Waals surface area contributed by atoms with Gasteiger partial charge in [-0.1, -0.05) is 11.3 Å². The third kappa shape index (κ3) is 2.31. The molecule has 1 aromatic rings. The maximum atomic E-state index is 11.0. The smallest absolute Gasteiger partial charge is 0.381 e. The predicted octanol–water partition coefficient (Wildman–Crippen LogP) is 0.631. The van der Waals surface area contributed by atoms with Crippen molar-refractivity contribution in [3.8, 4) is 5.19 Å². The molecule has 0 bridgehead atoms. The summed E-state index contributed by atoms with van der Waals surface area (Å²) in [6.45, 7) is 0.134. The quantitative estimate of drug-likeness (QED) is 0.801. The Morgan fingerprint density at radius 3 is 3.13 bits per heavy atom. The van der Waals surface area contributed by atoms with Gasteiger partial charge in [-0.3, -0.25) is 4.79 Å².